The molecule has 0 aromatic heterocycles. The molecule has 102 valence electrons. The molecule has 0 bridgehead atoms. The summed E-state index contributed by atoms with van der Waals surface area (Å²) in [6.45, 7) is 4.62. The fourth-order valence-electron chi connectivity index (χ4n) is 2.76. The molecule has 0 aromatic rings. The number of amides is 2. The molecule has 2 aliphatic heterocycles. The van der Waals surface area contributed by atoms with Crippen LogP contribution in [-0.4, -0.2) is 48.9 Å². The van der Waals surface area contributed by atoms with Crippen molar-refractivity contribution in [2.45, 2.75) is 38.6 Å². The van der Waals surface area contributed by atoms with Crippen LogP contribution in [0, 0.1) is 5.92 Å². The van der Waals surface area contributed by atoms with Crippen LogP contribution in [0.4, 0.5) is 0 Å². The van der Waals surface area contributed by atoms with E-state index < -0.39 is 0 Å². The van der Waals surface area contributed by atoms with Gasteiger partial charge in [0.15, 0.2) is 0 Å². The van der Waals surface area contributed by atoms with Crippen LogP contribution in [0.15, 0.2) is 0 Å². The van der Waals surface area contributed by atoms with E-state index in [0.717, 1.165) is 31.8 Å². The van der Waals surface area contributed by atoms with Crippen LogP contribution >= 0.6 is 0 Å². The minimum atomic E-state index is -0.235. The zero-order valence-corrected chi connectivity index (χ0v) is 11.1. The van der Waals surface area contributed by atoms with Gasteiger partial charge in [0.1, 0.15) is 6.04 Å². The van der Waals surface area contributed by atoms with Gasteiger partial charge < -0.3 is 10.2 Å². The van der Waals surface area contributed by atoms with Gasteiger partial charge in [0, 0.05) is 19.6 Å². The van der Waals surface area contributed by atoms with E-state index in [1.807, 2.05) is 4.90 Å². The molecule has 2 fully saturated rings. The number of rotatable bonds is 2. The number of nitrogens with one attached hydrogen (secondary N) is 2. The number of carbonyl (C=O) groups is 2. The van der Waals surface area contributed by atoms with Crippen molar-refractivity contribution in [1.29, 1.82) is 0 Å². The van der Waals surface area contributed by atoms with E-state index in [1.54, 1.807) is 0 Å². The highest BCUT2D eigenvalue weighted by Gasteiger charge is 2.29. The van der Waals surface area contributed by atoms with Gasteiger partial charge in [-0.25, -0.2) is 0 Å². The minimum Gasteiger partial charge on any atom is -0.353 e. The van der Waals surface area contributed by atoms with Crippen molar-refractivity contribution in [1.82, 2.24) is 15.5 Å². The van der Waals surface area contributed by atoms with Gasteiger partial charge in [-0.15, -0.1) is 0 Å². The summed E-state index contributed by atoms with van der Waals surface area (Å²) in [5, 5.41) is 5.75. The van der Waals surface area contributed by atoms with Crippen molar-refractivity contribution in [2.75, 3.05) is 26.2 Å². The van der Waals surface area contributed by atoms with Crippen LogP contribution < -0.4 is 10.6 Å². The van der Waals surface area contributed by atoms with Gasteiger partial charge in [-0.1, -0.05) is 13.3 Å². The van der Waals surface area contributed by atoms with Crippen LogP contribution in [0.2, 0.25) is 0 Å². The third-order valence-electron chi connectivity index (χ3n) is 4.05. The molecule has 18 heavy (non-hydrogen) atoms. The van der Waals surface area contributed by atoms with E-state index in [9.17, 15) is 9.59 Å². The largest absolute Gasteiger partial charge is 0.353 e. The molecule has 2 aliphatic rings. The Morgan fingerprint density at radius 1 is 1.39 bits per heavy atom. The lowest BCUT2D eigenvalue weighted by molar-refractivity contribution is -0.134. The molecule has 2 saturated heterocycles. The standard InChI is InChI=1S/C13H23N3O2/c1-2-10-4-3-6-16(7-5-10)13(18)11-8-15-12(17)9-14-11/h10-11,14H,2-9H2,1H3,(H,15,17). The van der Waals surface area contributed by atoms with Crippen molar-refractivity contribution in [3.8, 4) is 0 Å². The van der Waals surface area contributed by atoms with Gasteiger partial charge in [-0.05, 0) is 25.2 Å². The molecule has 2 N–H and O–H groups in total. The zero-order valence-electron chi connectivity index (χ0n) is 11.1. The number of hydrogen-bond donors (Lipinski definition) is 2. The number of hydrogen-bond acceptors (Lipinski definition) is 3. The molecule has 2 rings (SSSR count). The average Bonchev–Trinajstić information content (AvgIpc) is 2.64. The molecule has 0 aliphatic carbocycles. The van der Waals surface area contributed by atoms with Crippen molar-refractivity contribution < 1.29 is 9.59 Å². The second-order valence-electron chi connectivity index (χ2n) is 5.27. The lowest BCUT2D eigenvalue weighted by atomic mass is 9.98. The third-order valence-corrected chi connectivity index (χ3v) is 4.05. The lowest BCUT2D eigenvalue weighted by Gasteiger charge is -2.29. The average molecular weight is 253 g/mol. The monoisotopic (exact) mass is 253 g/mol. The fraction of sp³-hybridized carbons (Fsp3) is 0.846. The Bertz CT molecular complexity index is 309. The summed E-state index contributed by atoms with van der Waals surface area (Å²) in [6.07, 6.45) is 4.65. The summed E-state index contributed by atoms with van der Waals surface area (Å²) in [4.78, 5) is 25.3. The molecule has 0 saturated carbocycles. The minimum absolute atomic E-state index is 0.0269. The fourth-order valence-corrected chi connectivity index (χ4v) is 2.76. The van der Waals surface area contributed by atoms with Crippen molar-refractivity contribution in [3.05, 3.63) is 0 Å². The maximum atomic E-state index is 12.3. The number of likely N-dealkylation sites (tertiary alicyclic amines) is 1. The van der Waals surface area contributed by atoms with Gasteiger partial charge in [-0.2, -0.15) is 0 Å². The van der Waals surface area contributed by atoms with Crippen molar-refractivity contribution >= 4 is 11.8 Å². The molecule has 0 spiro atoms. The molecule has 2 amide bonds. The smallest absolute Gasteiger partial charge is 0.241 e. The van der Waals surface area contributed by atoms with Crippen LogP contribution in [0.1, 0.15) is 32.6 Å². The highest BCUT2D eigenvalue weighted by molar-refractivity contribution is 5.86. The molecule has 2 atom stereocenters. The Labute approximate surface area is 108 Å². The molecular formula is C13H23N3O2. The summed E-state index contributed by atoms with van der Waals surface area (Å²) < 4.78 is 0. The third kappa shape index (κ3) is 3.22. The highest BCUT2D eigenvalue weighted by Crippen LogP contribution is 2.20. The Morgan fingerprint density at radius 3 is 2.89 bits per heavy atom. The highest BCUT2D eigenvalue weighted by atomic mass is 16.2. The van der Waals surface area contributed by atoms with E-state index >= 15 is 0 Å². The van der Waals surface area contributed by atoms with E-state index in [4.69, 9.17) is 0 Å². The normalized spacial score (nSPS) is 29.6. The predicted molar refractivity (Wildman–Crippen MR) is 69.0 cm³/mol. The summed E-state index contributed by atoms with van der Waals surface area (Å²) in [5.41, 5.74) is 0. The van der Waals surface area contributed by atoms with Gasteiger partial charge in [0.05, 0.1) is 6.54 Å². The second kappa shape index (κ2) is 6.18. The van der Waals surface area contributed by atoms with Crippen molar-refractivity contribution in [2.24, 2.45) is 5.92 Å². The maximum absolute atomic E-state index is 12.3. The van der Waals surface area contributed by atoms with E-state index in [-0.39, 0.29) is 24.4 Å². The first-order valence-corrected chi connectivity index (χ1v) is 6.99. The van der Waals surface area contributed by atoms with Crippen LogP contribution in [-0.2, 0) is 9.59 Å². The Balaban J connectivity index is 1.86. The van der Waals surface area contributed by atoms with Crippen LogP contribution in [0.25, 0.3) is 0 Å². The Hall–Kier alpha value is -1.10. The summed E-state index contributed by atoms with van der Waals surface area (Å²) >= 11 is 0. The van der Waals surface area contributed by atoms with Crippen LogP contribution in [0.3, 0.4) is 0 Å². The van der Waals surface area contributed by atoms with Gasteiger partial charge in [-0.3, -0.25) is 14.9 Å². The Kier molecular flexibility index (Phi) is 4.58. The molecule has 5 nitrogen and oxygen atoms in total. The molecule has 0 aromatic carbocycles. The van der Waals surface area contributed by atoms with E-state index in [2.05, 4.69) is 17.6 Å². The van der Waals surface area contributed by atoms with E-state index in [1.165, 1.54) is 12.8 Å². The first-order valence-electron chi connectivity index (χ1n) is 6.99. The first-order chi connectivity index (χ1) is 8.70. The molecular weight excluding hydrogens is 230 g/mol. The summed E-state index contributed by atoms with van der Waals surface area (Å²) in [7, 11) is 0. The van der Waals surface area contributed by atoms with Gasteiger partial charge in [0.2, 0.25) is 11.8 Å². The first kappa shape index (κ1) is 13.3. The summed E-state index contributed by atoms with van der Waals surface area (Å²) in [6, 6.07) is -0.235. The molecule has 5 heteroatoms. The molecule has 2 unspecified atom stereocenters. The lowest BCUT2D eigenvalue weighted by Crippen LogP contribution is -2.58. The SMILES string of the molecule is CCC1CCCN(C(=O)C2CNC(=O)CN2)CC1. The van der Waals surface area contributed by atoms with Crippen LogP contribution in [0.5, 0.6) is 0 Å². The topological polar surface area (TPSA) is 61.4 Å². The van der Waals surface area contributed by atoms with E-state index in [0.29, 0.717) is 6.54 Å². The number of piperazine rings is 1. The Morgan fingerprint density at radius 2 is 2.22 bits per heavy atom. The quantitative estimate of drug-likeness (QED) is 0.734. The van der Waals surface area contributed by atoms with Gasteiger partial charge >= 0.3 is 0 Å². The maximum Gasteiger partial charge on any atom is 0.241 e. The van der Waals surface area contributed by atoms with Gasteiger partial charge in [0.25, 0.3) is 0 Å². The predicted octanol–water partition coefficient (Wildman–Crippen LogP) is 0.113. The number of carbonyl (C=O) groups excluding carboxylic acids is 2. The molecule has 0 radical (unpaired) electrons. The summed E-state index contributed by atoms with van der Waals surface area (Å²) in [5.74, 6) is 0.884. The molecule has 2 heterocycles. The zero-order chi connectivity index (χ0) is 13.0. The van der Waals surface area contributed by atoms with Crippen molar-refractivity contribution in [3.63, 3.8) is 0 Å². The number of nitrogens with zero attached hydrogens (tertiary/aromatic N) is 1. The second-order valence-corrected chi connectivity index (χ2v) is 5.27.